The van der Waals surface area contributed by atoms with Crippen LogP contribution in [0.5, 0.6) is 0 Å². The third-order valence-corrected chi connectivity index (χ3v) is 5.89. The number of carbonyl (C=O) groups excluding carboxylic acids is 2. The van der Waals surface area contributed by atoms with Crippen molar-refractivity contribution in [2.45, 2.75) is 18.9 Å². The third-order valence-electron chi connectivity index (χ3n) is 5.64. The Hall–Kier alpha value is -3.63. The lowest BCUT2D eigenvalue weighted by Crippen LogP contribution is -2.49. The first kappa shape index (κ1) is 22.6. The van der Waals surface area contributed by atoms with Gasteiger partial charge in [-0.3, -0.25) is 9.59 Å². The summed E-state index contributed by atoms with van der Waals surface area (Å²) in [4.78, 5) is 27.9. The number of fused-ring (bicyclic) bond motifs is 1. The van der Waals surface area contributed by atoms with E-state index < -0.39 is 6.04 Å². The standard InChI is InChI=1S/C28H25ClN2O2/c1-31(25-15-13-24(29)14-16-25)28(33)26(18-20-7-3-2-4-8-20)30-27(32)19-21-11-12-22-9-5-6-10-23(22)17-21/h2-17,26H,18-19H2,1H3,(H,30,32). The SMILES string of the molecule is CN(C(=O)C(Cc1ccccc1)NC(=O)Cc1ccc2ccccc2c1)c1ccc(Cl)cc1. The summed E-state index contributed by atoms with van der Waals surface area (Å²) in [6, 6.07) is 30.1. The molecule has 0 aliphatic carbocycles. The molecule has 1 N–H and O–H groups in total. The van der Waals surface area contributed by atoms with E-state index >= 15 is 0 Å². The Morgan fingerprint density at radius 2 is 1.48 bits per heavy atom. The second-order valence-electron chi connectivity index (χ2n) is 8.04. The Balaban J connectivity index is 1.52. The molecule has 1 atom stereocenters. The zero-order valence-corrected chi connectivity index (χ0v) is 19.1. The van der Waals surface area contributed by atoms with Gasteiger partial charge in [-0.05, 0) is 46.2 Å². The molecule has 166 valence electrons. The zero-order chi connectivity index (χ0) is 23.2. The van der Waals surface area contributed by atoms with Gasteiger partial charge in [-0.15, -0.1) is 0 Å². The highest BCUT2D eigenvalue weighted by molar-refractivity contribution is 6.30. The summed E-state index contributed by atoms with van der Waals surface area (Å²) in [5.74, 6) is -0.378. The molecule has 33 heavy (non-hydrogen) atoms. The number of rotatable bonds is 7. The van der Waals surface area contributed by atoms with Crippen LogP contribution in [0.1, 0.15) is 11.1 Å². The molecule has 0 saturated carbocycles. The lowest BCUT2D eigenvalue weighted by Gasteiger charge is -2.25. The van der Waals surface area contributed by atoms with Crippen molar-refractivity contribution >= 4 is 39.9 Å². The van der Waals surface area contributed by atoms with Gasteiger partial charge in [0.05, 0.1) is 6.42 Å². The molecule has 0 spiro atoms. The van der Waals surface area contributed by atoms with Gasteiger partial charge in [-0.1, -0.05) is 84.4 Å². The number of hydrogen-bond acceptors (Lipinski definition) is 2. The number of amides is 2. The monoisotopic (exact) mass is 456 g/mol. The molecule has 4 rings (SSSR count). The molecule has 0 fully saturated rings. The van der Waals surface area contributed by atoms with Crippen LogP contribution >= 0.6 is 11.6 Å². The highest BCUT2D eigenvalue weighted by Crippen LogP contribution is 2.19. The summed E-state index contributed by atoms with van der Waals surface area (Å²) in [6.45, 7) is 0. The van der Waals surface area contributed by atoms with Gasteiger partial charge in [0.2, 0.25) is 11.8 Å². The summed E-state index contributed by atoms with van der Waals surface area (Å²) in [5.41, 5.74) is 2.60. The predicted molar refractivity (Wildman–Crippen MR) is 135 cm³/mol. The molecule has 0 aromatic heterocycles. The first-order valence-electron chi connectivity index (χ1n) is 10.8. The Morgan fingerprint density at radius 1 is 0.818 bits per heavy atom. The van der Waals surface area contributed by atoms with Crippen LogP contribution in [0.4, 0.5) is 5.69 Å². The number of halogens is 1. The number of anilines is 1. The summed E-state index contributed by atoms with van der Waals surface area (Å²) >= 11 is 5.99. The van der Waals surface area contributed by atoms with Crippen molar-refractivity contribution in [2.24, 2.45) is 0 Å². The van der Waals surface area contributed by atoms with Crippen LogP contribution in [0.2, 0.25) is 5.02 Å². The largest absolute Gasteiger partial charge is 0.344 e. The van der Waals surface area contributed by atoms with E-state index in [1.807, 2.05) is 72.8 Å². The van der Waals surface area contributed by atoms with Crippen LogP contribution in [0.25, 0.3) is 10.8 Å². The van der Waals surface area contributed by atoms with Crippen LogP contribution in [0, 0.1) is 0 Å². The number of benzene rings is 4. The van der Waals surface area contributed by atoms with Crippen LogP contribution in [0.3, 0.4) is 0 Å². The molecule has 2 amide bonds. The minimum absolute atomic E-state index is 0.187. The Kier molecular flexibility index (Phi) is 7.06. The molecule has 1 unspecified atom stereocenters. The first-order valence-corrected chi connectivity index (χ1v) is 11.2. The Bertz CT molecular complexity index is 1260. The number of hydrogen-bond donors (Lipinski definition) is 1. The Morgan fingerprint density at radius 3 is 2.21 bits per heavy atom. The van der Waals surface area contributed by atoms with E-state index in [0.29, 0.717) is 17.1 Å². The van der Waals surface area contributed by atoms with Crippen molar-refractivity contribution in [1.82, 2.24) is 5.32 Å². The molecule has 0 saturated heterocycles. The topological polar surface area (TPSA) is 49.4 Å². The van der Waals surface area contributed by atoms with Crippen molar-refractivity contribution in [3.05, 3.63) is 113 Å². The minimum Gasteiger partial charge on any atom is -0.344 e. The fourth-order valence-electron chi connectivity index (χ4n) is 3.86. The smallest absolute Gasteiger partial charge is 0.249 e. The highest BCUT2D eigenvalue weighted by Gasteiger charge is 2.25. The fourth-order valence-corrected chi connectivity index (χ4v) is 3.98. The summed E-state index contributed by atoms with van der Waals surface area (Å²) in [7, 11) is 1.71. The summed E-state index contributed by atoms with van der Waals surface area (Å²) in [5, 5.41) is 5.78. The lowest BCUT2D eigenvalue weighted by atomic mass is 10.0. The number of nitrogens with one attached hydrogen (secondary N) is 1. The molecule has 0 radical (unpaired) electrons. The molecule has 4 aromatic carbocycles. The first-order chi connectivity index (χ1) is 16.0. The summed E-state index contributed by atoms with van der Waals surface area (Å²) < 4.78 is 0. The van der Waals surface area contributed by atoms with E-state index in [1.54, 1.807) is 36.2 Å². The van der Waals surface area contributed by atoms with Crippen LogP contribution in [-0.4, -0.2) is 24.9 Å². The molecule has 5 heteroatoms. The van der Waals surface area contributed by atoms with Gasteiger partial charge >= 0.3 is 0 Å². The Labute approximate surface area is 198 Å². The van der Waals surface area contributed by atoms with Gasteiger partial charge in [0.25, 0.3) is 0 Å². The molecule has 4 aromatic rings. The third kappa shape index (κ3) is 5.79. The average Bonchev–Trinajstić information content (AvgIpc) is 2.84. The van der Waals surface area contributed by atoms with Crippen molar-refractivity contribution in [1.29, 1.82) is 0 Å². The highest BCUT2D eigenvalue weighted by atomic mass is 35.5. The molecule has 0 aliphatic rings. The van der Waals surface area contributed by atoms with Gasteiger partial charge in [0.15, 0.2) is 0 Å². The number of carbonyl (C=O) groups is 2. The minimum atomic E-state index is -0.693. The fraction of sp³-hybridized carbons (Fsp3) is 0.143. The maximum absolute atomic E-state index is 13.4. The molecule has 0 bridgehead atoms. The quantitative estimate of drug-likeness (QED) is 0.403. The van der Waals surface area contributed by atoms with E-state index in [9.17, 15) is 9.59 Å². The second-order valence-corrected chi connectivity index (χ2v) is 8.48. The molecular weight excluding hydrogens is 432 g/mol. The van der Waals surface area contributed by atoms with Crippen molar-refractivity contribution in [2.75, 3.05) is 11.9 Å². The molecule has 0 heterocycles. The van der Waals surface area contributed by atoms with Gasteiger partial charge in [-0.2, -0.15) is 0 Å². The van der Waals surface area contributed by atoms with Gasteiger partial charge in [-0.25, -0.2) is 0 Å². The van der Waals surface area contributed by atoms with E-state index in [1.165, 1.54) is 0 Å². The lowest BCUT2D eigenvalue weighted by molar-refractivity contribution is -0.127. The van der Waals surface area contributed by atoms with Crippen LogP contribution < -0.4 is 10.2 Å². The maximum Gasteiger partial charge on any atom is 0.249 e. The van der Waals surface area contributed by atoms with E-state index in [-0.39, 0.29) is 18.2 Å². The van der Waals surface area contributed by atoms with Gasteiger partial charge in [0.1, 0.15) is 6.04 Å². The van der Waals surface area contributed by atoms with E-state index in [0.717, 1.165) is 21.9 Å². The number of likely N-dealkylation sites (N-methyl/N-ethyl adjacent to an activating group) is 1. The molecule has 0 aliphatic heterocycles. The van der Waals surface area contributed by atoms with E-state index in [2.05, 4.69) is 5.32 Å². The van der Waals surface area contributed by atoms with Crippen molar-refractivity contribution < 1.29 is 9.59 Å². The van der Waals surface area contributed by atoms with Crippen LogP contribution in [0.15, 0.2) is 97.1 Å². The molecule has 4 nitrogen and oxygen atoms in total. The normalized spacial score (nSPS) is 11.7. The van der Waals surface area contributed by atoms with Crippen molar-refractivity contribution in [3.63, 3.8) is 0 Å². The second kappa shape index (κ2) is 10.3. The van der Waals surface area contributed by atoms with Gasteiger partial charge < -0.3 is 10.2 Å². The average molecular weight is 457 g/mol. The zero-order valence-electron chi connectivity index (χ0n) is 18.4. The predicted octanol–water partition coefficient (Wildman–Crippen LogP) is 5.43. The number of nitrogens with zero attached hydrogens (tertiary/aromatic N) is 1. The van der Waals surface area contributed by atoms with E-state index in [4.69, 9.17) is 11.6 Å². The van der Waals surface area contributed by atoms with Crippen molar-refractivity contribution in [3.8, 4) is 0 Å². The maximum atomic E-state index is 13.4. The van der Waals surface area contributed by atoms with Gasteiger partial charge in [0, 0.05) is 24.2 Å². The van der Waals surface area contributed by atoms with Crippen LogP contribution in [-0.2, 0) is 22.4 Å². The summed E-state index contributed by atoms with van der Waals surface area (Å²) in [6.07, 6.45) is 0.606. The molecular formula is C28H25ClN2O2.